The maximum absolute atomic E-state index is 13.4. The van der Waals surface area contributed by atoms with Crippen molar-refractivity contribution in [1.29, 1.82) is 0 Å². The summed E-state index contributed by atoms with van der Waals surface area (Å²) in [6.45, 7) is 2.47. The fourth-order valence-electron chi connectivity index (χ4n) is 2.78. The van der Waals surface area contributed by atoms with Crippen LogP contribution in [-0.4, -0.2) is 13.1 Å². The second kappa shape index (κ2) is 5.63. The van der Waals surface area contributed by atoms with Gasteiger partial charge in [-0.1, -0.05) is 30.3 Å². The van der Waals surface area contributed by atoms with Gasteiger partial charge in [-0.05, 0) is 48.2 Å². The van der Waals surface area contributed by atoms with Crippen LogP contribution >= 0.6 is 0 Å². The quantitative estimate of drug-likeness (QED) is 0.925. The predicted molar refractivity (Wildman–Crippen MR) is 80.4 cm³/mol. The number of nitrogens with two attached hydrogens (primary N) is 1. The average molecular weight is 270 g/mol. The fraction of sp³-hybridized carbons (Fsp3) is 0.294. The Hall–Kier alpha value is -1.87. The topological polar surface area (TPSA) is 29.3 Å². The van der Waals surface area contributed by atoms with Crippen molar-refractivity contribution in [2.24, 2.45) is 5.73 Å². The molecule has 0 spiro atoms. The lowest BCUT2D eigenvalue weighted by Gasteiger charge is -2.19. The number of hydrogen-bond acceptors (Lipinski definition) is 2. The minimum atomic E-state index is -0.158. The summed E-state index contributed by atoms with van der Waals surface area (Å²) in [6.07, 6.45) is 1.92. The van der Waals surface area contributed by atoms with Gasteiger partial charge in [0.2, 0.25) is 0 Å². The summed E-state index contributed by atoms with van der Waals surface area (Å²) in [7, 11) is 0. The van der Waals surface area contributed by atoms with E-state index in [9.17, 15) is 4.39 Å². The van der Waals surface area contributed by atoms with E-state index in [2.05, 4.69) is 29.2 Å². The van der Waals surface area contributed by atoms with Gasteiger partial charge < -0.3 is 10.6 Å². The molecule has 0 aliphatic carbocycles. The monoisotopic (exact) mass is 270 g/mol. The molecule has 0 fully saturated rings. The second-order valence-corrected chi connectivity index (χ2v) is 5.30. The Balaban J connectivity index is 1.75. The van der Waals surface area contributed by atoms with E-state index < -0.39 is 0 Å². The van der Waals surface area contributed by atoms with Crippen molar-refractivity contribution in [3.05, 3.63) is 65.0 Å². The summed E-state index contributed by atoms with van der Waals surface area (Å²) in [6, 6.07) is 13.6. The summed E-state index contributed by atoms with van der Waals surface area (Å²) < 4.78 is 13.4. The van der Waals surface area contributed by atoms with Gasteiger partial charge in [0.05, 0.1) is 0 Å². The van der Waals surface area contributed by atoms with Gasteiger partial charge in [-0.15, -0.1) is 0 Å². The third-order valence-electron chi connectivity index (χ3n) is 3.87. The molecule has 0 amide bonds. The van der Waals surface area contributed by atoms with Crippen molar-refractivity contribution in [1.82, 2.24) is 0 Å². The lowest BCUT2D eigenvalue weighted by molar-refractivity contribution is 0.627. The van der Waals surface area contributed by atoms with E-state index in [1.165, 1.54) is 16.7 Å². The molecule has 2 nitrogen and oxygen atoms in total. The van der Waals surface area contributed by atoms with E-state index in [0.717, 1.165) is 31.6 Å². The first-order valence-electron chi connectivity index (χ1n) is 7.07. The van der Waals surface area contributed by atoms with E-state index in [0.29, 0.717) is 6.54 Å². The molecule has 3 rings (SSSR count). The molecular weight excluding hydrogens is 251 g/mol. The molecule has 0 bridgehead atoms. The number of benzene rings is 2. The molecule has 1 aliphatic rings. The van der Waals surface area contributed by atoms with E-state index in [1.54, 1.807) is 12.1 Å². The first kappa shape index (κ1) is 13.1. The summed E-state index contributed by atoms with van der Waals surface area (Å²) in [5.74, 6) is -0.158. The number of rotatable bonds is 4. The number of halogens is 1. The van der Waals surface area contributed by atoms with E-state index in [-0.39, 0.29) is 5.82 Å². The van der Waals surface area contributed by atoms with Crippen LogP contribution in [0.1, 0.15) is 16.7 Å². The van der Waals surface area contributed by atoms with Gasteiger partial charge in [-0.2, -0.15) is 0 Å². The van der Waals surface area contributed by atoms with Crippen LogP contribution in [0.2, 0.25) is 0 Å². The number of fused-ring (bicyclic) bond motifs is 1. The van der Waals surface area contributed by atoms with Crippen LogP contribution in [0.15, 0.2) is 42.5 Å². The molecule has 0 saturated carbocycles. The molecule has 2 N–H and O–H groups in total. The van der Waals surface area contributed by atoms with Gasteiger partial charge in [-0.25, -0.2) is 4.39 Å². The highest BCUT2D eigenvalue weighted by Gasteiger charge is 2.19. The van der Waals surface area contributed by atoms with Gasteiger partial charge in [0.25, 0.3) is 0 Å². The van der Waals surface area contributed by atoms with Crippen LogP contribution < -0.4 is 10.6 Å². The Labute approximate surface area is 119 Å². The molecule has 1 heterocycles. The highest BCUT2D eigenvalue weighted by molar-refractivity contribution is 5.58. The smallest absolute Gasteiger partial charge is 0.125 e. The normalized spacial score (nSPS) is 13.6. The van der Waals surface area contributed by atoms with Crippen LogP contribution in [0.3, 0.4) is 0 Å². The summed E-state index contributed by atoms with van der Waals surface area (Å²) in [5.41, 5.74) is 10.4. The highest BCUT2D eigenvalue weighted by Crippen LogP contribution is 2.29. The third-order valence-corrected chi connectivity index (χ3v) is 3.87. The lowest BCUT2D eigenvalue weighted by atomic mass is 10.1. The SMILES string of the molecule is NCCc1ccc(CN2CCc3ccc(F)cc32)cc1. The molecule has 104 valence electrons. The molecule has 0 unspecified atom stereocenters. The van der Waals surface area contributed by atoms with Crippen molar-refractivity contribution in [3.8, 4) is 0 Å². The molecule has 0 saturated heterocycles. The van der Waals surface area contributed by atoms with Crippen molar-refractivity contribution >= 4 is 5.69 Å². The Morgan fingerprint density at radius 1 is 1.05 bits per heavy atom. The van der Waals surface area contributed by atoms with Gasteiger partial charge in [0.15, 0.2) is 0 Å². The Morgan fingerprint density at radius 2 is 1.80 bits per heavy atom. The highest BCUT2D eigenvalue weighted by atomic mass is 19.1. The summed E-state index contributed by atoms with van der Waals surface area (Å²) in [4.78, 5) is 2.25. The second-order valence-electron chi connectivity index (χ2n) is 5.30. The molecular formula is C17H19FN2. The van der Waals surface area contributed by atoms with Crippen molar-refractivity contribution in [2.45, 2.75) is 19.4 Å². The lowest BCUT2D eigenvalue weighted by Crippen LogP contribution is -2.19. The molecule has 20 heavy (non-hydrogen) atoms. The molecule has 0 aromatic heterocycles. The molecule has 0 atom stereocenters. The van der Waals surface area contributed by atoms with Crippen LogP contribution in [-0.2, 0) is 19.4 Å². The fourth-order valence-corrected chi connectivity index (χ4v) is 2.78. The number of nitrogens with zero attached hydrogens (tertiary/aromatic N) is 1. The first-order chi connectivity index (χ1) is 9.76. The van der Waals surface area contributed by atoms with Gasteiger partial charge in [-0.3, -0.25) is 0 Å². The summed E-state index contributed by atoms with van der Waals surface area (Å²) in [5, 5.41) is 0. The van der Waals surface area contributed by atoms with Crippen molar-refractivity contribution in [3.63, 3.8) is 0 Å². The van der Waals surface area contributed by atoms with Gasteiger partial charge in [0.1, 0.15) is 5.82 Å². The maximum atomic E-state index is 13.4. The molecule has 1 aliphatic heterocycles. The zero-order valence-electron chi connectivity index (χ0n) is 11.5. The molecule has 0 radical (unpaired) electrons. The van der Waals surface area contributed by atoms with Crippen LogP contribution in [0.25, 0.3) is 0 Å². The zero-order chi connectivity index (χ0) is 13.9. The van der Waals surface area contributed by atoms with Crippen molar-refractivity contribution < 1.29 is 4.39 Å². The standard InChI is InChI=1S/C17H19FN2/c18-16-6-5-15-8-10-20(17(15)11-16)12-14-3-1-13(2-4-14)7-9-19/h1-6,11H,7-10,12,19H2. The minimum absolute atomic E-state index is 0.158. The summed E-state index contributed by atoms with van der Waals surface area (Å²) >= 11 is 0. The molecule has 2 aromatic carbocycles. The van der Waals surface area contributed by atoms with Crippen LogP contribution in [0, 0.1) is 5.82 Å². The Kier molecular flexibility index (Phi) is 3.70. The van der Waals surface area contributed by atoms with Crippen LogP contribution in [0.4, 0.5) is 10.1 Å². The largest absolute Gasteiger partial charge is 0.367 e. The number of hydrogen-bond donors (Lipinski definition) is 1. The minimum Gasteiger partial charge on any atom is -0.367 e. The first-order valence-corrected chi connectivity index (χ1v) is 7.07. The molecule has 3 heteroatoms. The van der Waals surface area contributed by atoms with Crippen LogP contribution in [0.5, 0.6) is 0 Å². The van der Waals surface area contributed by atoms with Gasteiger partial charge in [0, 0.05) is 18.8 Å². The maximum Gasteiger partial charge on any atom is 0.125 e. The van der Waals surface area contributed by atoms with E-state index in [1.807, 2.05) is 6.07 Å². The Bertz CT molecular complexity index is 592. The van der Waals surface area contributed by atoms with Crippen molar-refractivity contribution in [2.75, 3.05) is 18.0 Å². The predicted octanol–water partition coefficient (Wildman–Crippen LogP) is 2.89. The zero-order valence-corrected chi connectivity index (χ0v) is 11.5. The van der Waals surface area contributed by atoms with E-state index in [4.69, 9.17) is 5.73 Å². The average Bonchev–Trinajstić information content (AvgIpc) is 2.84. The van der Waals surface area contributed by atoms with Gasteiger partial charge >= 0.3 is 0 Å². The third kappa shape index (κ3) is 2.68. The molecule has 2 aromatic rings. The van der Waals surface area contributed by atoms with E-state index >= 15 is 0 Å². The Morgan fingerprint density at radius 3 is 2.55 bits per heavy atom. The number of anilines is 1.